The third kappa shape index (κ3) is 6.58. The zero-order valence-corrected chi connectivity index (χ0v) is 22.8. The summed E-state index contributed by atoms with van der Waals surface area (Å²) in [5.41, 5.74) is 2.94. The van der Waals surface area contributed by atoms with E-state index in [1.807, 2.05) is 43.3 Å². The number of amides is 2. The van der Waals surface area contributed by atoms with Crippen molar-refractivity contribution in [3.63, 3.8) is 0 Å². The average molecular weight is 541 g/mol. The Morgan fingerprint density at radius 2 is 1.48 bits per heavy atom. The van der Waals surface area contributed by atoms with Gasteiger partial charge in [-0.25, -0.2) is 0 Å². The van der Waals surface area contributed by atoms with Crippen LogP contribution in [0.1, 0.15) is 38.5 Å². The molecule has 1 N–H and O–H groups in total. The number of anilines is 1. The summed E-state index contributed by atoms with van der Waals surface area (Å²) in [6.07, 6.45) is 0.335. The van der Waals surface area contributed by atoms with Crippen LogP contribution >= 0.6 is 0 Å². The van der Waals surface area contributed by atoms with Gasteiger partial charge in [-0.05, 0) is 60.4 Å². The van der Waals surface area contributed by atoms with Gasteiger partial charge in [0.05, 0.1) is 13.5 Å². The largest absolute Gasteiger partial charge is 0.497 e. The van der Waals surface area contributed by atoms with Crippen LogP contribution in [0.25, 0.3) is 11.1 Å². The van der Waals surface area contributed by atoms with E-state index in [-0.39, 0.29) is 24.8 Å². The lowest BCUT2D eigenvalue weighted by Crippen LogP contribution is -2.35. The molecule has 1 heterocycles. The molecule has 0 aliphatic carbocycles. The molecule has 206 valence electrons. The van der Waals surface area contributed by atoms with Gasteiger partial charge in [0.1, 0.15) is 11.5 Å². The lowest BCUT2D eigenvalue weighted by atomic mass is 9.94. The van der Waals surface area contributed by atoms with Crippen LogP contribution < -0.4 is 9.64 Å². The van der Waals surface area contributed by atoms with Gasteiger partial charge >= 0.3 is 5.97 Å². The first-order valence-electron chi connectivity index (χ1n) is 13.0. The average Bonchev–Trinajstić information content (AvgIpc) is 3.42. The van der Waals surface area contributed by atoms with Crippen molar-refractivity contribution in [1.29, 1.82) is 0 Å². The van der Waals surface area contributed by atoms with E-state index in [2.05, 4.69) is 0 Å². The monoisotopic (exact) mass is 540 g/mol. The van der Waals surface area contributed by atoms with Gasteiger partial charge in [-0.1, -0.05) is 48.5 Å². The minimum Gasteiger partial charge on any atom is -0.497 e. The fourth-order valence-electron chi connectivity index (χ4n) is 4.50. The van der Waals surface area contributed by atoms with Gasteiger partial charge in [0, 0.05) is 37.3 Å². The highest BCUT2D eigenvalue weighted by atomic mass is 16.5. The first kappa shape index (κ1) is 28.2. The van der Waals surface area contributed by atoms with Gasteiger partial charge in [0.25, 0.3) is 11.8 Å². The van der Waals surface area contributed by atoms with Crippen molar-refractivity contribution in [2.24, 2.45) is 0 Å². The molecule has 3 aromatic carbocycles. The Bertz CT molecular complexity index is 1510. The Labute approximate surface area is 233 Å². The highest BCUT2D eigenvalue weighted by Crippen LogP contribution is 2.30. The fraction of sp³-hybridized carbons (Fsp3) is 0.219. The molecule has 4 rings (SSSR count). The molecule has 0 bridgehead atoms. The summed E-state index contributed by atoms with van der Waals surface area (Å²) in [5, 5.41) is 9.34. The van der Waals surface area contributed by atoms with Crippen molar-refractivity contribution in [2.45, 2.75) is 19.8 Å². The molecule has 8 nitrogen and oxygen atoms in total. The Kier molecular flexibility index (Phi) is 9.01. The zero-order chi connectivity index (χ0) is 28.6. The molecule has 0 spiro atoms. The summed E-state index contributed by atoms with van der Waals surface area (Å²) in [7, 11) is 3.23. The first-order chi connectivity index (χ1) is 19.3. The topological polar surface area (TPSA) is 100 Å². The standard InChI is InChI=1S/C32H32N2O6/c1-22-15-16-29(40-22)33(2)31(37)27-13-6-4-11-25(27)26-12-5-7-14-28(26)32(38)34(20-18-30(35)36)19-17-23-9-8-10-24(21-23)39-3/h4-16,21H,17-20H2,1-3H3,(H,35,36). The number of benzene rings is 3. The van der Waals surface area contributed by atoms with E-state index in [0.717, 1.165) is 5.56 Å². The van der Waals surface area contributed by atoms with Crippen molar-refractivity contribution >= 4 is 23.7 Å². The second-order valence-corrected chi connectivity index (χ2v) is 9.38. The number of carboxylic acids is 1. The lowest BCUT2D eigenvalue weighted by molar-refractivity contribution is -0.137. The van der Waals surface area contributed by atoms with Crippen LogP contribution in [0.3, 0.4) is 0 Å². The lowest BCUT2D eigenvalue weighted by Gasteiger charge is -2.24. The maximum Gasteiger partial charge on any atom is 0.305 e. The number of carboxylic acid groups (broad SMARTS) is 1. The molecule has 0 saturated carbocycles. The maximum atomic E-state index is 13.9. The molecule has 2 amide bonds. The number of carbonyl (C=O) groups excluding carboxylic acids is 2. The molecule has 40 heavy (non-hydrogen) atoms. The van der Waals surface area contributed by atoms with Crippen LogP contribution in [0.4, 0.5) is 5.88 Å². The zero-order valence-electron chi connectivity index (χ0n) is 22.8. The Balaban J connectivity index is 1.66. The molecule has 0 atom stereocenters. The maximum absolute atomic E-state index is 13.9. The fourth-order valence-corrected chi connectivity index (χ4v) is 4.50. The van der Waals surface area contributed by atoms with Crippen LogP contribution in [0, 0.1) is 6.92 Å². The van der Waals surface area contributed by atoms with Gasteiger partial charge in [-0.2, -0.15) is 0 Å². The molecular weight excluding hydrogens is 508 g/mol. The Morgan fingerprint density at radius 3 is 2.08 bits per heavy atom. The van der Waals surface area contributed by atoms with Gasteiger partial charge < -0.3 is 19.2 Å². The second kappa shape index (κ2) is 12.8. The number of furan rings is 1. The van der Waals surface area contributed by atoms with Crippen molar-refractivity contribution in [1.82, 2.24) is 4.90 Å². The number of rotatable bonds is 11. The van der Waals surface area contributed by atoms with E-state index in [4.69, 9.17) is 9.15 Å². The predicted molar refractivity (Wildman–Crippen MR) is 153 cm³/mol. The van der Waals surface area contributed by atoms with Crippen LogP contribution in [-0.2, 0) is 11.2 Å². The van der Waals surface area contributed by atoms with E-state index in [9.17, 15) is 19.5 Å². The number of aliphatic carboxylic acids is 1. The Hall–Kier alpha value is -4.85. The third-order valence-electron chi connectivity index (χ3n) is 6.65. The van der Waals surface area contributed by atoms with Crippen LogP contribution in [-0.4, -0.2) is 55.0 Å². The van der Waals surface area contributed by atoms with Gasteiger partial charge in [0.2, 0.25) is 5.88 Å². The van der Waals surface area contributed by atoms with Gasteiger partial charge in [-0.15, -0.1) is 0 Å². The minimum atomic E-state index is -0.986. The van der Waals surface area contributed by atoms with Crippen molar-refractivity contribution in [2.75, 3.05) is 32.1 Å². The van der Waals surface area contributed by atoms with E-state index < -0.39 is 5.97 Å². The number of ether oxygens (including phenoxy) is 1. The van der Waals surface area contributed by atoms with Crippen LogP contribution in [0.15, 0.2) is 89.3 Å². The highest BCUT2D eigenvalue weighted by Gasteiger charge is 2.24. The molecule has 4 aromatic rings. The number of methoxy groups -OCH3 is 1. The smallest absolute Gasteiger partial charge is 0.305 e. The summed E-state index contributed by atoms with van der Waals surface area (Å²) in [6, 6.07) is 25.3. The van der Waals surface area contributed by atoms with E-state index in [0.29, 0.717) is 52.6 Å². The molecule has 1 aromatic heterocycles. The molecule has 0 aliphatic rings. The molecule has 0 fully saturated rings. The molecule has 0 unspecified atom stereocenters. The summed E-state index contributed by atoms with van der Waals surface area (Å²) in [4.78, 5) is 41.9. The first-order valence-corrected chi connectivity index (χ1v) is 13.0. The number of nitrogens with zero attached hydrogens (tertiary/aromatic N) is 2. The van der Waals surface area contributed by atoms with Crippen molar-refractivity contribution < 1.29 is 28.6 Å². The summed E-state index contributed by atoms with van der Waals surface area (Å²) in [6.45, 7) is 2.17. The number of hydrogen-bond acceptors (Lipinski definition) is 5. The van der Waals surface area contributed by atoms with E-state index in [1.54, 1.807) is 67.6 Å². The van der Waals surface area contributed by atoms with Gasteiger partial charge in [-0.3, -0.25) is 19.3 Å². The SMILES string of the molecule is COc1cccc(CCN(CCC(=O)O)C(=O)c2ccccc2-c2ccccc2C(=O)N(C)c2ccc(C)o2)c1. The molecule has 0 saturated heterocycles. The minimum absolute atomic E-state index is 0.0492. The molecule has 0 aliphatic heterocycles. The molecular formula is C32H32N2O6. The molecule has 8 heteroatoms. The Morgan fingerprint density at radius 1 is 0.825 bits per heavy atom. The van der Waals surface area contributed by atoms with Crippen LogP contribution in [0.5, 0.6) is 5.75 Å². The summed E-state index contributed by atoms with van der Waals surface area (Å²) < 4.78 is 10.9. The predicted octanol–water partition coefficient (Wildman–Crippen LogP) is 5.70. The third-order valence-corrected chi connectivity index (χ3v) is 6.65. The van der Waals surface area contributed by atoms with Crippen LogP contribution in [0.2, 0.25) is 0 Å². The number of hydrogen-bond donors (Lipinski definition) is 1. The highest BCUT2D eigenvalue weighted by molar-refractivity contribution is 6.11. The second-order valence-electron chi connectivity index (χ2n) is 9.38. The normalized spacial score (nSPS) is 10.7. The van der Waals surface area contributed by atoms with E-state index >= 15 is 0 Å². The van der Waals surface area contributed by atoms with Crippen molar-refractivity contribution in [3.8, 4) is 16.9 Å². The van der Waals surface area contributed by atoms with Crippen molar-refractivity contribution in [3.05, 3.63) is 107 Å². The number of carbonyl (C=O) groups is 3. The number of aryl methyl sites for hydroxylation is 1. The van der Waals surface area contributed by atoms with E-state index in [1.165, 1.54) is 4.90 Å². The summed E-state index contributed by atoms with van der Waals surface area (Å²) >= 11 is 0. The molecule has 0 radical (unpaired) electrons. The summed E-state index contributed by atoms with van der Waals surface area (Å²) in [5.74, 6) is 0.236. The quantitative estimate of drug-likeness (QED) is 0.262. The van der Waals surface area contributed by atoms with Gasteiger partial charge in [0.15, 0.2) is 0 Å².